The van der Waals surface area contributed by atoms with Gasteiger partial charge >= 0.3 is 18.3 Å². The number of rotatable bonds is 6. The van der Waals surface area contributed by atoms with Gasteiger partial charge in [0.15, 0.2) is 6.10 Å². The number of piperidine rings is 2. The molecule has 0 saturated carbocycles. The number of nitrogens with zero attached hydrogens (tertiary/aromatic N) is 4. The number of thiophene rings is 1. The number of nitrogens with two attached hydrogens (primary N) is 1. The van der Waals surface area contributed by atoms with Gasteiger partial charge in [-0.15, -0.1) is 11.3 Å². The summed E-state index contributed by atoms with van der Waals surface area (Å²) >= 11 is 4.68. The maximum absolute atomic E-state index is 13.9. The maximum atomic E-state index is 13.9. The normalized spacial score (nSPS) is 21.0. The predicted molar refractivity (Wildman–Crippen MR) is 180 cm³/mol. The third kappa shape index (κ3) is 7.87. The van der Waals surface area contributed by atoms with E-state index in [-0.39, 0.29) is 28.5 Å². The number of urea groups is 1. The summed E-state index contributed by atoms with van der Waals surface area (Å²) in [5, 5.41) is 10.3. The Morgan fingerprint density at radius 1 is 0.979 bits per heavy atom. The molecule has 1 atom stereocenters. The van der Waals surface area contributed by atoms with E-state index in [2.05, 4.69) is 31.5 Å². The van der Waals surface area contributed by atoms with E-state index in [1.807, 2.05) is 15.7 Å². The van der Waals surface area contributed by atoms with Crippen LogP contribution < -0.4 is 16.4 Å². The lowest BCUT2D eigenvalue weighted by atomic mass is 9.99. The summed E-state index contributed by atoms with van der Waals surface area (Å²) in [6.45, 7) is 5.88. The van der Waals surface area contributed by atoms with Gasteiger partial charge in [0.25, 0.3) is 5.91 Å². The van der Waals surface area contributed by atoms with Gasteiger partial charge in [0.05, 0.1) is 16.9 Å². The number of nitrogen functional groups attached to an aromatic ring is 1. The van der Waals surface area contributed by atoms with E-state index >= 15 is 0 Å². The number of carbonyl (C=O) groups excluding carboxylic acids is 3. The molecule has 11 nitrogen and oxygen atoms in total. The van der Waals surface area contributed by atoms with E-state index in [1.54, 1.807) is 16.2 Å². The van der Waals surface area contributed by atoms with Crippen molar-refractivity contribution >= 4 is 56.7 Å². The molecule has 0 bridgehead atoms. The number of likely N-dealkylation sites (tertiary alicyclic amines) is 2. The molecule has 1 aromatic carbocycles. The Balaban J connectivity index is 1.12. The van der Waals surface area contributed by atoms with Gasteiger partial charge in [0.1, 0.15) is 0 Å². The van der Waals surface area contributed by atoms with Crippen LogP contribution >= 0.6 is 27.3 Å². The van der Waals surface area contributed by atoms with Crippen LogP contribution in [0.4, 0.5) is 34.1 Å². The summed E-state index contributed by atoms with van der Waals surface area (Å²) < 4.78 is 47.3. The Labute approximate surface area is 290 Å². The van der Waals surface area contributed by atoms with Crippen molar-refractivity contribution in [2.75, 3.05) is 70.0 Å². The average Bonchev–Trinajstić information content (AvgIpc) is 3.45. The van der Waals surface area contributed by atoms with Crippen molar-refractivity contribution in [1.29, 1.82) is 0 Å². The first-order chi connectivity index (χ1) is 23.0. The fraction of sp³-hybridized carbons (Fsp3) is 0.594. The molecule has 0 aliphatic carbocycles. The standard InChI is InChI=1S/C32H41BrF3N7O4S/c33-25-16-20(15-24(28(25)37)32(34,35)36)17-27(29(44)41-8-2-22(3-9-41)40-13-6-38-7-14-40)47-31(46)42-10-4-23(5-11-42)43-12-1-21-18-48-19-26(21)39-30(43)45/h15-16,18-19,22-23,27,38H,1-14,17,37H2,(H,39,45)/t27-/m1/s1. The maximum Gasteiger partial charge on any atom is 0.418 e. The quantitative estimate of drug-likeness (QED) is 0.368. The smallest absolute Gasteiger partial charge is 0.418 e. The van der Waals surface area contributed by atoms with Crippen LogP contribution in [0.25, 0.3) is 0 Å². The number of ether oxygens (including phenoxy) is 1. The summed E-state index contributed by atoms with van der Waals surface area (Å²) in [5.41, 5.74) is 6.38. The monoisotopic (exact) mass is 755 g/mol. The van der Waals surface area contributed by atoms with Crippen LogP contribution in [0.1, 0.15) is 42.4 Å². The van der Waals surface area contributed by atoms with Gasteiger partial charge in [-0.1, -0.05) is 0 Å². The first kappa shape index (κ1) is 34.8. The van der Waals surface area contributed by atoms with Crippen LogP contribution in [0, 0.1) is 0 Å². The lowest BCUT2D eigenvalue weighted by Crippen LogP contribution is -2.54. The number of amides is 4. The number of fused-ring (bicyclic) bond motifs is 1. The molecule has 262 valence electrons. The first-order valence-electron chi connectivity index (χ1n) is 16.4. The molecule has 0 unspecified atom stereocenters. The molecule has 0 spiro atoms. The number of carbonyl (C=O) groups is 3. The molecule has 6 rings (SSSR count). The number of halogens is 4. The predicted octanol–water partition coefficient (Wildman–Crippen LogP) is 4.61. The number of alkyl halides is 3. The van der Waals surface area contributed by atoms with E-state index in [4.69, 9.17) is 10.5 Å². The number of nitrogens with one attached hydrogen (secondary N) is 2. The van der Waals surface area contributed by atoms with Crippen LogP contribution in [0.3, 0.4) is 0 Å². The van der Waals surface area contributed by atoms with E-state index in [0.29, 0.717) is 51.6 Å². The Hall–Kier alpha value is -3.08. The van der Waals surface area contributed by atoms with Crippen molar-refractivity contribution in [2.24, 2.45) is 0 Å². The summed E-state index contributed by atoms with van der Waals surface area (Å²) in [5.74, 6) is -0.424. The second kappa shape index (κ2) is 14.8. The Kier molecular flexibility index (Phi) is 10.7. The van der Waals surface area contributed by atoms with Gasteiger partial charge in [0.2, 0.25) is 0 Å². The molecule has 4 aliphatic rings. The van der Waals surface area contributed by atoms with Crippen molar-refractivity contribution in [3.63, 3.8) is 0 Å². The summed E-state index contributed by atoms with van der Waals surface area (Å²) in [7, 11) is 0. The molecule has 48 heavy (non-hydrogen) atoms. The molecule has 4 amide bonds. The number of anilines is 2. The van der Waals surface area contributed by atoms with Gasteiger partial charge in [0, 0.05) is 87.3 Å². The van der Waals surface area contributed by atoms with Gasteiger partial charge in [-0.3, -0.25) is 9.69 Å². The molecule has 1 aromatic heterocycles. The zero-order chi connectivity index (χ0) is 34.0. The van der Waals surface area contributed by atoms with Crippen LogP contribution in [-0.2, 0) is 28.5 Å². The van der Waals surface area contributed by atoms with E-state index in [9.17, 15) is 27.6 Å². The molecule has 16 heteroatoms. The number of benzene rings is 1. The number of hydrogen-bond acceptors (Lipinski definition) is 8. The van der Waals surface area contributed by atoms with Crippen LogP contribution in [0.5, 0.6) is 0 Å². The summed E-state index contributed by atoms with van der Waals surface area (Å²) in [6.07, 6.45) is -3.61. The van der Waals surface area contributed by atoms with Gasteiger partial charge in [-0.05, 0) is 76.7 Å². The minimum absolute atomic E-state index is 0.0521. The van der Waals surface area contributed by atoms with Crippen LogP contribution in [0.15, 0.2) is 27.4 Å². The first-order valence-corrected chi connectivity index (χ1v) is 18.2. The SMILES string of the molecule is Nc1c(Br)cc(C[C@@H](OC(=O)N2CCC(N3CCc4cscc4NC3=O)CC2)C(=O)N2CCC(N3CCNCC3)CC2)cc1C(F)(F)F. The fourth-order valence-corrected chi connectivity index (χ4v) is 8.51. The molecule has 2 aromatic rings. The Morgan fingerprint density at radius 3 is 2.33 bits per heavy atom. The molecule has 3 saturated heterocycles. The highest BCUT2D eigenvalue weighted by atomic mass is 79.9. The van der Waals surface area contributed by atoms with E-state index in [0.717, 1.165) is 62.8 Å². The highest BCUT2D eigenvalue weighted by molar-refractivity contribution is 9.10. The Morgan fingerprint density at radius 2 is 1.65 bits per heavy atom. The molecule has 5 heterocycles. The molecule has 4 N–H and O–H groups in total. The third-order valence-electron chi connectivity index (χ3n) is 9.91. The van der Waals surface area contributed by atoms with E-state index < -0.39 is 35.5 Å². The molecular weight excluding hydrogens is 715 g/mol. The van der Waals surface area contributed by atoms with Crippen molar-refractivity contribution in [3.05, 3.63) is 44.1 Å². The number of piperazine rings is 1. The van der Waals surface area contributed by atoms with Gasteiger partial charge < -0.3 is 35.8 Å². The third-order valence-corrected chi connectivity index (χ3v) is 11.4. The van der Waals surface area contributed by atoms with Crippen molar-refractivity contribution in [1.82, 2.24) is 24.9 Å². The Bertz CT molecular complexity index is 1490. The minimum Gasteiger partial charge on any atom is -0.436 e. The molecule has 4 aliphatic heterocycles. The molecular formula is C32H41BrF3N7O4S. The summed E-state index contributed by atoms with van der Waals surface area (Å²) in [6, 6.07) is 2.48. The molecule has 3 fully saturated rings. The van der Waals surface area contributed by atoms with Crippen molar-refractivity contribution in [3.8, 4) is 0 Å². The lowest BCUT2D eigenvalue weighted by Gasteiger charge is -2.41. The highest BCUT2D eigenvalue weighted by Crippen LogP contribution is 2.38. The van der Waals surface area contributed by atoms with Crippen LogP contribution in [-0.4, -0.2) is 115 Å². The number of hydrogen-bond donors (Lipinski definition) is 3. The van der Waals surface area contributed by atoms with Crippen molar-refractivity contribution < 1.29 is 32.3 Å². The summed E-state index contributed by atoms with van der Waals surface area (Å²) in [4.78, 5) is 47.8. The fourth-order valence-electron chi connectivity index (χ4n) is 7.18. The second-order valence-electron chi connectivity index (χ2n) is 12.9. The topological polar surface area (TPSA) is 123 Å². The highest BCUT2D eigenvalue weighted by Gasteiger charge is 2.38. The van der Waals surface area contributed by atoms with E-state index in [1.165, 1.54) is 11.0 Å². The van der Waals surface area contributed by atoms with Gasteiger partial charge in [-0.2, -0.15) is 13.2 Å². The van der Waals surface area contributed by atoms with Crippen LogP contribution in [0.2, 0.25) is 0 Å². The lowest BCUT2D eigenvalue weighted by molar-refractivity contribution is -0.142. The van der Waals surface area contributed by atoms with Gasteiger partial charge in [-0.25, -0.2) is 9.59 Å². The van der Waals surface area contributed by atoms with Crippen molar-refractivity contribution in [2.45, 2.75) is 62.9 Å². The zero-order valence-corrected chi connectivity index (χ0v) is 29.0. The molecule has 0 radical (unpaired) electrons. The minimum atomic E-state index is -4.70. The average molecular weight is 757 g/mol. The second-order valence-corrected chi connectivity index (χ2v) is 14.5. The zero-order valence-electron chi connectivity index (χ0n) is 26.6. The largest absolute Gasteiger partial charge is 0.436 e.